The van der Waals surface area contributed by atoms with Gasteiger partial charge in [0, 0.05) is 13.2 Å². The summed E-state index contributed by atoms with van der Waals surface area (Å²) < 4.78 is 3.19. The molecule has 0 saturated heterocycles. The maximum atomic E-state index is 12.2. The normalized spacial score (nSPS) is 12.4. The van der Waals surface area contributed by atoms with E-state index >= 15 is 0 Å². The number of rotatable bonds is 5. The zero-order valence-electron chi connectivity index (χ0n) is 11.2. The molecular formula is C12H15Cl2N5O. The van der Waals surface area contributed by atoms with Crippen molar-refractivity contribution in [2.45, 2.75) is 25.9 Å². The molecule has 108 valence electrons. The molecule has 0 radical (unpaired) electrons. The quantitative estimate of drug-likeness (QED) is 0.919. The van der Waals surface area contributed by atoms with E-state index in [1.54, 1.807) is 28.8 Å². The Balaban J connectivity index is 2.03. The molecule has 0 aliphatic heterocycles. The Kier molecular flexibility index (Phi) is 4.67. The van der Waals surface area contributed by atoms with Crippen LogP contribution in [-0.4, -0.2) is 25.5 Å². The molecule has 2 heterocycles. The summed E-state index contributed by atoms with van der Waals surface area (Å²) in [5.41, 5.74) is 0.758. The number of aryl methyl sites for hydroxylation is 1. The topological polar surface area (TPSA) is 64.7 Å². The molecule has 1 amide bonds. The summed E-state index contributed by atoms with van der Waals surface area (Å²) in [6.45, 7) is 2.23. The number of halogens is 2. The minimum absolute atomic E-state index is 0.135. The number of hydrogen-bond donors (Lipinski definition) is 1. The third-order valence-corrected chi connectivity index (χ3v) is 3.53. The lowest BCUT2D eigenvalue weighted by molar-refractivity contribution is -0.124. The first-order valence-electron chi connectivity index (χ1n) is 6.16. The zero-order chi connectivity index (χ0) is 14.7. The van der Waals surface area contributed by atoms with Gasteiger partial charge in [-0.1, -0.05) is 30.1 Å². The van der Waals surface area contributed by atoms with E-state index in [-0.39, 0.29) is 5.91 Å². The van der Waals surface area contributed by atoms with E-state index in [0.29, 0.717) is 23.0 Å². The molecule has 8 heteroatoms. The molecule has 0 aromatic carbocycles. The minimum Gasteiger partial charge on any atom is -0.349 e. The maximum absolute atomic E-state index is 12.2. The second-order valence-corrected chi connectivity index (χ2v) is 5.19. The average molecular weight is 316 g/mol. The van der Waals surface area contributed by atoms with Gasteiger partial charge in [0.15, 0.2) is 0 Å². The Labute approximate surface area is 126 Å². The van der Waals surface area contributed by atoms with Gasteiger partial charge in [-0.05, 0) is 6.42 Å². The lowest BCUT2D eigenvalue weighted by atomic mass is 10.2. The monoisotopic (exact) mass is 315 g/mol. The summed E-state index contributed by atoms with van der Waals surface area (Å²) in [5, 5.41) is 12.0. The summed E-state index contributed by atoms with van der Waals surface area (Å²) in [7, 11) is 1.78. The van der Waals surface area contributed by atoms with Crippen LogP contribution in [0.3, 0.4) is 0 Å². The summed E-state index contributed by atoms with van der Waals surface area (Å²) >= 11 is 11.8. The average Bonchev–Trinajstić information content (AvgIpc) is 2.96. The van der Waals surface area contributed by atoms with Crippen molar-refractivity contribution in [2.75, 3.05) is 0 Å². The van der Waals surface area contributed by atoms with Crippen molar-refractivity contribution >= 4 is 29.1 Å². The predicted octanol–water partition coefficient (Wildman–Crippen LogP) is 2.19. The number of carbonyl (C=O) groups is 1. The van der Waals surface area contributed by atoms with Crippen molar-refractivity contribution in [3.63, 3.8) is 0 Å². The molecule has 0 aliphatic carbocycles. The highest BCUT2D eigenvalue weighted by Crippen LogP contribution is 2.16. The molecule has 2 rings (SSSR count). The fourth-order valence-corrected chi connectivity index (χ4v) is 2.28. The lowest BCUT2D eigenvalue weighted by Gasteiger charge is -2.15. The Morgan fingerprint density at radius 1 is 1.40 bits per heavy atom. The van der Waals surface area contributed by atoms with E-state index in [1.807, 2.05) is 6.92 Å². The van der Waals surface area contributed by atoms with Crippen molar-refractivity contribution in [3.8, 4) is 0 Å². The van der Waals surface area contributed by atoms with Gasteiger partial charge in [0.2, 0.25) is 5.91 Å². The van der Waals surface area contributed by atoms with Crippen molar-refractivity contribution in [2.24, 2.45) is 7.05 Å². The Bertz CT molecular complexity index is 587. The maximum Gasteiger partial charge on any atom is 0.245 e. The van der Waals surface area contributed by atoms with Crippen molar-refractivity contribution in [1.82, 2.24) is 24.9 Å². The number of carbonyl (C=O) groups excluding carboxylic acids is 1. The highest BCUT2D eigenvalue weighted by atomic mass is 35.5. The summed E-state index contributed by atoms with van der Waals surface area (Å²) in [5.74, 6) is -0.135. The van der Waals surface area contributed by atoms with Crippen molar-refractivity contribution in [1.29, 1.82) is 0 Å². The molecule has 2 aromatic heterocycles. The zero-order valence-corrected chi connectivity index (χ0v) is 12.7. The van der Waals surface area contributed by atoms with Crippen LogP contribution >= 0.6 is 23.2 Å². The lowest BCUT2D eigenvalue weighted by Crippen LogP contribution is -2.32. The van der Waals surface area contributed by atoms with Crippen LogP contribution in [-0.2, 0) is 18.4 Å². The Morgan fingerprint density at radius 2 is 2.15 bits per heavy atom. The molecule has 6 nitrogen and oxygen atoms in total. The SMILES string of the molecule is CCC(C(=O)NCc1c(Cl)cnn1C)n1cc(Cl)cn1. The minimum atomic E-state index is -0.394. The summed E-state index contributed by atoms with van der Waals surface area (Å²) in [6, 6.07) is -0.394. The highest BCUT2D eigenvalue weighted by molar-refractivity contribution is 6.31. The fourth-order valence-electron chi connectivity index (χ4n) is 1.90. The predicted molar refractivity (Wildman–Crippen MR) is 76.6 cm³/mol. The highest BCUT2D eigenvalue weighted by Gasteiger charge is 2.19. The van der Waals surface area contributed by atoms with Crippen LogP contribution in [0.15, 0.2) is 18.6 Å². The molecule has 0 bridgehead atoms. The van der Waals surface area contributed by atoms with Crippen LogP contribution < -0.4 is 5.32 Å². The first kappa shape index (κ1) is 14.9. The van der Waals surface area contributed by atoms with Crippen LogP contribution in [0.1, 0.15) is 25.1 Å². The van der Waals surface area contributed by atoms with Crippen LogP contribution in [0.5, 0.6) is 0 Å². The Hall–Kier alpha value is -1.53. The van der Waals surface area contributed by atoms with E-state index in [4.69, 9.17) is 23.2 Å². The second kappa shape index (κ2) is 6.28. The number of nitrogens with one attached hydrogen (secondary N) is 1. The van der Waals surface area contributed by atoms with Gasteiger partial charge in [-0.3, -0.25) is 14.2 Å². The Morgan fingerprint density at radius 3 is 2.65 bits per heavy atom. The molecule has 0 fully saturated rings. The summed E-state index contributed by atoms with van der Waals surface area (Å²) in [6.07, 6.45) is 5.30. The van der Waals surface area contributed by atoms with Crippen molar-refractivity contribution in [3.05, 3.63) is 34.3 Å². The molecule has 1 N–H and O–H groups in total. The molecule has 1 atom stereocenters. The molecular weight excluding hydrogens is 301 g/mol. The van der Waals surface area contributed by atoms with Gasteiger partial charge in [-0.25, -0.2) is 0 Å². The molecule has 0 saturated carbocycles. The summed E-state index contributed by atoms with van der Waals surface area (Å²) in [4.78, 5) is 12.2. The molecule has 2 aromatic rings. The van der Waals surface area contributed by atoms with Crippen LogP contribution in [0, 0.1) is 0 Å². The van der Waals surface area contributed by atoms with Crippen LogP contribution in [0.25, 0.3) is 0 Å². The number of hydrogen-bond acceptors (Lipinski definition) is 3. The third kappa shape index (κ3) is 3.13. The fraction of sp³-hybridized carbons (Fsp3) is 0.417. The smallest absolute Gasteiger partial charge is 0.245 e. The van der Waals surface area contributed by atoms with Gasteiger partial charge in [-0.2, -0.15) is 10.2 Å². The molecule has 0 aliphatic rings. The first-order valence-corrected chi connectivity index (χ1v) is 6.92. The van der Waals surface area contributed by atoms with E-state index in [0.717, 1.165) is 5.69 Å². The molecule has 0 spiro atoms. The number of amides is 1. The van der Waals surface area contributed by atoms with Gasteiger partial charge in [-0.15, -0.1) is 0 Å². The van der Waals surface area contributed by atoms with Gasteiger partial charge < -0.3 is 5.32 Å². The van der Waals surface area contributed by atoms with E-state index in [1.165, 1.54) is 6.20 Å². The molecule has 1 unspecified atom stereocenters. The second-order valence-electron chi connectivity index (χ2n) is 4.34. The molecule has 20 heavy (non-hydrogen) atoms. The number of nitrogens with zero attached hydrogens (tertiary/aromatic N) is 4. The van der Waals surface area contributed by atoms with Crippen molar-refractivity contribution < 1.29 is 4.79 Å². The third-order valence-electron chi connectivity index (χ3n) is 3.02. The standard InChI is InChI=1S/C12H15Cl2N5O/c1-3-10(19-7-8(13)4-17-19)12(20)15-6-11-9(14)5-16-18(11)2/h4-5,7,10H,3,6H2,1-2H3,(H,15,20). The first-order chi connectivity index (χ1) is 9.52. The van der Waals surface area contributed by atoms with Crippen LogP contribution in [0.4, 0.5) is 0 Å². The van der Waals surface area contributed by atoms with Gasteiger partial charge in [0.1, 0.15) is 6.04 Å². The number of aromatic nitrogens is 4. The van der Waals surface area contributed by atoms with Gasteiger partial charge in [0.05, 0.1) is 34.7 Å². The van der Waals surface area contributed by atoms with E-state index in [2.05, 4.69) is 15.5 Å². The van der Waals surface area contributed by atoms with Gasteiger partial charge >= 0.3 is 0 Å². The van der Waals surface area contributed by atoms with E-state index < -0.39 is 6.04 Å². The van der Waals surface area contributed by atoms with Gasteiger partial charge in [0.25, 0.3) is 0 Å². The van der Waals surface area contributed by atoms with E-state index in [9.17, 15) is 4.79 Å². The van der Waals surface area contributed by atoms with Crippen LogP contribution in [0.2, 0.25) is 10.0 Å². The largest absolute Gasteiger partial charge is 0.349 e.